The summed E-state index contributed by atoms with van der Waals surface area (Å²) < 4.78 is 45.1. The smallest absolute Gasteiger partial charge is 0.225 e. The van der Waals surface area contributed by atoms with Crippen molar-refractivity contribution < 1.29 is 17.8 Å². The lowest BCUT2D eigenvalue weighted by Gasteiger charge is -2.30. The normalized spacial score (nSPS) is 22.5. The van der Waals surface area contributed by atoms with Gasteiger partial charge in [0.2, 0.25) is 5.91 Å². The number of rotatable bonds is 7. The van der Waals surface area contributed by atoms with Gasteiger partial charge < -0.3 is 4.90 Å². The summed E-state index contributed by atoms with van der Waals surface area (Å²) in [6, 6.07) is 12.9. The van der Waals surface area contributed by atoms with Gasteiger partial charge in [-0.3, -0.25) is 4.79 Å². The van der Waals surface area contributed by atoms with Crippen molar-refractivity contribution in [3.8, 4) is 11.1 Å². The second kappa shape index (κ2) is 9.79. The Morgan fingerprint density at radius 1 is 1.20 bits per heavy atom. The van der Waals surface area contributed by atoms with E-state index in [2.05, 4.69) is 4.72 Å². The summed E-state index contributed by atoms with van der Waals surface area (Å²) in [4.78, 5) is 14.2. The van der Waals surface area contributed by atoms with Gasteiger partial charge in [0.05, 0.1) is 29.6 Å². The molecule has 0 bridgehead atoms. The van der Waals surface area contributed by atoms with Gasteiger partial charge in [-0.05, 0) is 17.5 Å². The molecule has 7 heteroatoms. The predicted molar refractivity (Wildman–Crippen MR) is 116 cm³/mol. The average Bonchev–Trinajstić information content (AvgIpc) is 3.04. The Bertz CT molecular complexity index is 907. The molecule has 1 amide bonds. The number of carbonyl (C=O) groups excluding carboxylic acids is 1. The molecule has 0 aliphatic carbocycles. The summed E-state index contributed by atoms with van der Waals surface area (Å²) in [6.45, 7) is 5.17. The topological polar surface area (TPSA) is 49.4 Å². The zero-order valence-electron chi connectivity index (χ0n) is 17.5. The van der Waals surface area contributed by atoms with Gasteiger partial charge in [0.25, 0.3) is 0 Å². The van der Waals surface area contributed by atoms with Crippen LogP contribution in [0.15, 0.2) is 48.5 Å². The largest absolute Gasteiger partial charge is 0.334 e. The molecule has 4 atom stereocenters. The molecule has 2 aromatic rings. The van der Waals surface area contributed by atoms with Crippen molar-refractivity contribution in [1.82, 2.24) is 9.62 Å². The fraction of sp³-hybridized carbons (Fsp3) is 0.435. The van der Waals surface area contributed by atoms with Gasteiger partial charge in [0.1, 0.15) is 12.0 Å². The lowest BCUT2D eigenvalue weighted by molar-refractivity contribution is -0.135. The molecule has 1 heterocycles. The van der Waals surface area contributed by atoms with Gasteiger partial charge in [0, 0.05) is 17.2 Å². The molecular formula is C23H28F2N2O2S. The maximum absolute atomic E-state index is 15.4. The van der Waals surface area contributed by atoms with Crippen LogP contribution in [0.1, 0.15) is 26.3 Å². The van der Waals surface area contributed by atoms with Crippen LogP contribution in [0.25, 0.3) is 11.1 Å². The number of amides is 1. The summed E-state index contributed by atoms with van der Waals surface area (Å²) in [5, 5.41) is 0. The van der Waals surface area contributed by atoms with Crippen molar-refractivity contribution in [2.24, 2.45) is 5.92 Å². The number of benzene rings is 2. The molecule has 162 valence electrons. The number of nitrogens with one attached hydrogen (secondary N) is 1. The maximum atomic E-state index is 15.4. The molecule has 4 nitrogen and oxygen atoms in total. The standard InChI is InChI=1S/C23H28F2N2O2S/c1-4-30(29)26-22-19(24)14-27(23(28)15(2)3)20(22)13-17-11-8-12-18(21(17)25)16-9-6-5-7-10-16/h5-12,15,19-20,22,26H,4,13-14H2,1-3H3/t19-,20-,22-,30?/m0/s1. The third-order valence-electron chi connectivity index (χ3n) is 5.47. The molecule has 0 radical (unpaired) electrons. The SMILES string of the molecule is CCS(=O)N[C@H]1[C@@H](F)CN(C(=O)C(C)C)[C@H]1Cc1cccc(-c2ccccc2)c1F. The zero-order valence-corrected chi connectivity index (χ0v) is 18.3. The van der Waals surface area contributed by atoms with Crippen LogP contribution in [-0.2, 0) is 22.2 Å². The number of carbonyl (C=O) groups is 1. The van der Waals surface area contributed by atoms with E-state index in [1.807, 2.05) is 30.3 Å². The number of alkyl halides is 1. The fourth-order valence-electron chi connectivity index (χ4n) is 3.88. The maximum Gasteiger partial charge on any atom is 0.225 e. The molecule has 1 aliphatic rings. The third-order valence-corrected chi connectivity index (χ3v) is 6.53. The van der Waals surface area contributed by atoms with Crippen LogP contribution in [0.3, 0.4) is 0 Å². The molecule has 1 saturated heterocycles. The number of hydrogen-bond donors (Lipinski definition) is 1. The van der Waals surface area contributed by atoms with Gasteiger partial charge in [-0.2, -0.15) is 0 Å². The minimum absolute atomic E-state index is 0.0831. The van der Waals surface area contributed by atoms with E-state index in [9.17, 15) is 13.4 Å². The van der Waals surface area contributed by atoms with E-state index in [1.165, 1.54) is 4.90 Å². The Morgan fingerprint density at radius 2 is 1.90 bits per heavy atom. The molecule has 0 aromatic heterocycles. The number of halogens is 2. The molecule has 30 heavy (non-hydrogen) atoms. The van der Waals surface area contributed by atoms with Gasteiger partial charge in [-0.25, -0.2) is 17.7 Å². The summed E-state index contributed by atoms with van der Waals surface area (Å²) in [5.41, 5.74) is 1.63. The van der Waals surface area contributed by atoms with Crippen molar-refractivity contribution in [3.05, 3.63) is 59.9 Å². The Kier molecular flexibility index (Phi) is 7.36. The molecule has 1 fully saturated rings. The van der Waals surface area contributed by atoms with Gasteiger partial charge >= 0.3 is 0 Å². The highest BCUT2D eigenvalue weighted by Crippen LogP contribution is 2.30. The van der Waals surface area contributed by atoms with Crippen LogP contribution < -0.4 is 4.72 Å². The van der Waals surface area contributed by atoms with Crippen LogP contribution in [0, 0.1) is 11.7 Å². The van der Waals surface area contributed by atoms with E-state index < -0.39 is 29.2 Å². The zero-order chi connectivity index (χ0) is 21.8. The van der Waals surface area contributed by atoms with Crippen molar-refractivity contribution >= 4 is 16.9 Å². The second-order valence-corrected chi connectivity index (χ2v) is 9.36. The van der Waals surface area contributed by atoms with Crippen LogP contribution in [-0.4, -0.2) is 45.6 Å². The highest BCUT2D eigenvalue weighted by Gasteiger charge is 2.45. The molecule has 0 spiro atoms. The van der Waals surface area contributed by atoms with E-state index in [4.69, 9.17) is 0 Å². The number of hydrogen-bond acceptors (Lipinski definition) is 2. The Hall–Kier alpha value is -2.12. The van der Waals surface area contributed by atoms with E-state index >= 15 is 4.39 Å². The summed E-state index contributed by atoms with van der Waals surface area (Å²) in [6.07, 6.45) is -1.22. The summed E-state index contributed by atoms with van der Waals surface area (Å²) in [5.74, 6) is -0.547. The van der Waals surface area contributed by atoms with Crippen molar-refractivity contribution in [2.45, 2.75) is 45.4 Å². The van der Waals surface area contributed by atoms with E-state index in [0.29, 0.717) is 16.9 Å². The van der Waals surface area contributed by atoms with Crippen LogP contribution in [0.5, 0.6) is 0 Å². The molecule has 1 aliphatic heterocycles. The van der Waals surface area contributed by atoms with Crippen LogP contribution >= 0.6 is 0 Å². The quantitative estimate of drug-likeness (QED) is 0.719. The Morgan fingerprint density at radius 3 is 2.53 bits per heavy atom. The minimum atomic E-state index is -1.42. The van der Waals surface area contributed by atoms with E-state index in [-0.39, 0.29) is 30.6 Å². The molecule has 2 aromatic carbocycles. The second-order valence-electron chi connectivity index (χ2n) is 7.86. The molecule has 3 rings (SSSR count). The third kappa shape index (κ3) is 4.78. The first kappa shape index (κ1) is 22.6. The minimum Gasteiger partial charge on any atom is -0.334 e. The van der Waals surface area contributed by atoms with Crippen LogP contribution in [0.2, 0.25) is 0 Å². The van der Waals surface area contributed by atoms with Crippen molar-refractivity contribution in [1.29, 1.82) is 0 Å². The Labute approximate surface area is 179 Å². The first-order valence-electron chi connectivity index (χ1n) is 10.2. The van der Waals surface area contributed by atoms with Crippen molar-refractivity contribution in [2.75, 3.05) is 12.3 Å². The van der Waals surface area contributed by atoms with E-state index in [0.717, 1.165) is 5.56 Å². The highest BCUT2D eigenvalue weighted by atomic mass is 32.2. The first-order valence-corrected chi connectivity index (χ1v) is 11.6. The monoisotopic (exact) mass is 434 g/mol. The number of likely N-dealkylation sites (tertiary alicyclic amines) is 1. The fourth-order valence-corrected chi connectivity index (χ4v) is 4.66. The lowest BCUT2D eigenvalue weighted by Crippen LogP contribution is -2.49. The summed E-state index contributed by atoms with van der Waals surface area (Å²) >= 11 is 0. The average molecular weight is 435 g/mol. The summed E-state index contributed by atoms with van der Waals surface area (Å²) in [7, 11) is -1.42. The molecule has 0 saturated carbocycles. The van der Waals surface area contributed by atoms with Gasteiger partial charge in [0.15, 0.2) is 0 Å². The van der Waals surface area contributed by atoms with Gasteiger partial charge in [-0.1, -0.05) is 69.3 Å². The lowest BCUT2D eigenvalue weighted by atomic mass is 9.95. The first-order chi connectivity index (χ1) is 14.3. The molecule has 1 N–H and O–H groups in total. The van der Waals surface area contributed by atoms with Gasteiger partial charge in [-0.15, -0.1) is 0 Å². The number of nitrogens with zero attached hydrogens (tertiary/aromatic N) is 1. The van der Waals surface area contributed by atoms with E-state index in [1.54, 1.807) is 39.0 Å². The van der Waals surface area contributed by atoms with Crippen LogP contribution in [0.4, 0.5) is 8.78 Å². The highest BCUT2D eigenvalue weighted by molar-refractivity contribution is 7.83. The molecular weight excluding hydrogens is 406 g/mol. The Balaban J connectivity index is 1.95. The predicted octanol–water partition coefficient (Wildman–Crippen LogP) is 3.88. The van der Waals surface area contributed by atoms with Crippen molar-refractivity contribution in [3.63, 3.8) is 0 Å². The molecule has 1 unspecified atom stereocenters.